The van der Waals surface area contributed by atoms with Crippen molar-refractivity contribution in [2.45, 2.75) is 50.8 Å². The van der Waals surface area contributed by atoms with Gasteiger partial charge in [-0.05, 0) is 32.6 Å². The lowest BCUT2D eigenvalue weighted by molar-refractivity contribution is 0.114. The van der Waals surface area contributed by atoms with Crippen molar-refractivity contribution in [2.75, 3.05) is 0 Å². The molecule has 0 spiro atoms. The average Bonchev–Trinajstić information content (AvgIpc) is 2.74. The lowest BCUT2D eigenvalue weighted by atomic mass is 9.93. The zero-order valence-corrected chi connectivity index (χ0v) is 9.83. The Kier molecular flexibility index (Phi) is 3.72. The predicted octanol–water partition coefficient (Wildman–Crippen LogP) is 2.10. The predicted molar refractivity (Wildman–Crippen MR) is 61.9 cm³/mol. The van der Waals surface area contributed by atoms with Gasteiger partial charge in [-0.15, -0.1) is 11.3 Å². The van der Waals surface area contributed by atoms with Crippen molar-refractivity contribution in [3.05, 3.63) is 16.6 Å². The van der Waals surface area contributed by atoms with Crippen LogP contribution in [0.25, 0.3) is 0 Å². The molecule has 0 aromatic carbocycles. The normalized spacial score (nSPS) is 28.9. The van der Waals surface area contributed by atoms with Gasteiger partial charge in [-0.25, -0.2) is 4.98 Å². The first-order valence-corrected chi connectivity index (χ1v) is 6.47. The van der Waals surface area contributed by atoms with E-state index in [1.165, 1.54) is 0 Å². The van der Waals surface area contributed by atoms with Gasteiger partial charge in [-0.2, -0.15) is 0 Å². The molecular formula is C11H18N2OS. The summed E-state index contributed by atoms with van der Waals surface area (Å²) in [5.41, 5.74) is 0. The first-order valence-electron chi connectivity index (χ1n) is 5.59. The topological polar surface area (TPSA) is 45.1 Å². The maximum atomic E-state index is 9.41. The van der Waals surface area contributed by atoms with Crippen LogP contribution < -0.4 is 5.32 Å². The summed E-state index contributed by atoms with van der Waals surface area (Å²) in [6.45, 7) is 2.16. The lowest BCUT2D eigenvalue weighted by Gasteiger charge is -2.28. The number of nitrogens with zero attached hydrogens (tertiary/aromatic N) is 1. The van der Waals surface area contributed by atoms with Gasteiger partial charge < -0.3 is 10.4 Å². The molecule has 1 aromatic heterocycles. The van der Waals surface area contributed by atoms with Gasteiger partial charge in [-0.1, -0.05) is 0 Å². The van der Waals surface area contributed by atoms with Crippen LogP contribution >= 0.6 is 11.3 Å². The molecule has 1 aromatic rings. The number of nitrogens with one attached hydrogen (secondary N) is 1. The van der Waals surface area contributed by atoms with Crippen molar-refractivity contribution in [1.29, 1.82) is 0 Å². The van der Waals surface area contributed by atoms with E-state index in [0.29, 0.717) is 12.1 Å². The molecule has 1 aliphatic carbocycles. The average molecular weight is 226 g/mol. The van der Waals surface area contributed by atoms with Crippen molar-refractivity contribution < 1.29 is 5.11 Å². The monoisotopic (exact) mass is 226 g/mol. The number of hydrogen-bond donors (Lipinski definition) is 2. The van der Waals surface area contributed by atoms with Crippen molar-refractivity contribution in [3.8, 4) is 0 Å². The quantitative estimate of drug-likeness (QED) is 0.829. The van der Waals surface area contributed by atoms with Crippen molar-refractivity contribution in [3.63, 3.8) is 0 Å². The third kappa shape index (κ3) is 3.00. The summed E-state index contributed by atoms with van der Waals surface area (Å²) >= 11 is 1.70. The van der Waals surface area contributed by atoms with Gasteiger partial charge in [0.1, 0.15) is 5.01 Å². The second-order valence-corrected chi connectivity index (χ2v) is 5.19. The Hall–Kier alpha value is -0.450. The van der Waals surface area contributed by atoms with Gasteiger partial charge in [0.2, 0.25) is 0 Å². The van der Waals surface area contributed by atoms with Crippen LogP contribution in [0.4, 0.5) is 0 Å². The van der Waals surface area contributed by atoms with E-state index in [9.17, 15) is 5.11 Å². The first-order chi connectivity index (χ1) is 7.25. The molecule has 1 saturated carbocycles. The van der Waals surface area contributed by atoms with Crippen molar-refractivity contribution in [1.82, 2.24) is 10.3 Å². The molecule has 0 amide bonds. The summed E-state index contributed by atoms with van der Waals surface area (Å²) in [5.74, 6) is 0. The summed E-state index contributed by atoms with van der Waals surface area (Å²) in [7, 11) is 0. The molecule has 84 valence electrons. The zero-order valence-electron chi connectivity index (χ0n) is 9.02. The van der Waals surface area contributed by atoms with E-state index in [1.54, 1.807) is 11.3 Å². The van der Waals surface area contributed by atoms with E-state index >= 15 is 0 Å². The first kappa shape index (κ1) is 11.0. The highest BCUT2D eigenvalue weighted by molar-refractivity contribution is 7.09. The van der Waals surface area contributed by atoms with Crippen molar-refractivity contribution in [2.24, 2.45) is 0 Å². The van der Waals surface area contributed by atoms with Crippen molar-refractivity contribution >= 4 is 11.3 Å². The largest absolute Gasteiger partial charge is 0.393 e. The van der Waals surface area contributed by atoms with E-state index in [1.807, 2.05) is 11.6 Å². The van der Waals surface area contributed by atoms with Crippen LogP contribution in [0.2, 0.25) is 0 Å². The SMILES string of the molecule is C[C@H](NC1CCC(O)CC1)c1nccs1. The van der Waals surface area contributed by atoms with E-state index in [-0.39, 0.29) is 6.10 Å². The van der Waals surface area contributed by atoms with Gasteiger partial charge in [0.05, 0.1) is 12.1 Å². The van der Waals surface area contributed by atoms with Crippen LogP contribution in [-0.4, -0.2) is 22.2 Å². The zero-order chi connectivity index (χ0) is 10.7. The highest BCUT2D eigenvalue weighted by Gasteiger charge is 2.21. The molecule has 1 atom stereocenters. The van der Waals surface area contributed by atoms with E-state index in [0.717, 1.165) is 30.7 Å². The fourth-order valence-corrected chi connectivity index (χ4v) is 2.77. The number of aromatic nitrogens is 1. The summed E-state index contributed by atoms with van der Waals surface area (Å²) in [6.07, 6.45) is 5.80. The van der Waals surface area contributed by atoms with Crippen LogP contribution in [0.3, 0.4) is 0 Å². The lowest BCUT2D eigenvalue weighted by Crippen LogP contribution is -2.36. The molecule has 1 aliphatic rings. The third-order valence-electron chi connectivity index (χ3n) is 3.00. The van der Waals surface area contributed by atoms with Crippen LogP contribution in [0.1, 0.15) is 43.7 Å². The Bertz CT molecular complexity index is 281. The Morgan fingerprint density at radius 3 is 2.80 bits per heavy atom. The third-order valence-corrected chi connectivity index (χ3v) is 3.96. The van der Waals surface area contributed by atoms with Crippen LogP contribution in [-0.2, 0) is 0 Å². The van der Waals surface area contributed by atoms with Gasteiger partial charge in [0, 0.05) is 17.6 Å². The number of rotatable bonds is 3. The molecule has 15 heavy (non-hydrogen) atoms. The molecule has 3 nitrogen and oxygen atoms in total. The minimum atomic E-state index is -0.0711. The number of thiazole rings is 1. The number of aliphatic hydroxyl groups excluding tert-OH is 1. The van der Waals surface area contributed by atoms with Crippen LogP contribution in [0.15, 0.2) is 11.6 Å². The maximum Gasteiger partial charge on any atom is 0.109 e. The second-order valence-electron chi connectivity index (χ2n) is 4.26. The Balaban J connectivity index is 1.82. The summed E-state index contributed by atoms with van der Waals surface area (Å²) in [5, 5.41) is 16.2. The molecule has 0 bridgehead atoms. The maximum absolute atomic E-state index is 9.41. The molecule has 0 unspecified atom stereocenters. The summed E-state index contributed by atoms with van der Waals surface area (Å²) < 4.78 is 0. The summed E-state index contributed by atoms with van der Waals surface area (Å²) in [4.78, 5) is 4.30. The van der Waals surface area contributed by atoms with Gasteiger partial charge in [-0.3, -0.25) is 0 Å². The molecule has 2 rings (SSSR count). The molecule has 2 N–H and O–H groups in total. The number of hydrogen-bond acceptors (Lipinski definition) is 4. The van der Waals surface area contributed by atoms with E-state index < -0.39 is 0 Å². The Morgan fingerprint density at radius 1 is 1.47 bits per heavy atom. The molecule has 0 radical (unpaired) electrons. The fourth-order valence-electron chi connectivity index (χ4n) is 2.12. The standard InChI is InChI=1S/C11H18N2OS/c1-8(11-12-6-7-15-11)13-9-2-4-10(14)5-3-9/h6-10,13-14H,2-5H2,1H3/t8-,9?,10?/m0/s1. The molecule has 4 heteroatoms. The van der Waals surface area contributed by atoms with Crippen LogP contribution in [0, 0.1) is 0 Å². The Labute approximate surface area is 94.5 Å². The fraction of sp³-hybridized carbons (Fsp3) is 0.727. The van der Waals surface area contributed by atoms with Crippen LogP contribution in [0.5, 0.6) is 0 Å². The molecule has 1 fully saturated rings. The van der Waals surface area contributed by atoms with E-state index in [4.69, 9.17) is 0 Å². The molecule has 0 aliphatic heterocycles. The minimum absolute atomic E-state index is 0.0711. The summed E-state index contributed by atoms with van der Waals surface area (Å²) in [6, 6.07) is 0.887. The van der Waals surface area contributed by atoms with Gasteiger partial charge >= 0.3 is 0 Å². The smallest absolute Gasteiger partial charge is 0.109 e. The minimum Gasteiger partial charge on any atom is -0.393 e. The van der Waals surface area contributed by atoms with Gasteiger partial charge in [0.15, 0.2) is 0 Å². The van der Waals surface area contributed by atoms with Gasteiger partial charge in [0.25, 0.3) is 0 Å². The second kappa shape index (κ2) is 5.05. The highest BCUT2D eigenvalue weighted by atomic mass is 32.1. The Morgan fingerprint density at radius 2 is 2.20 bits per heavy atom. The van der Waals surface area contributed by atoms with E-state index in [2.05, 4.69) is 17.2 Å². The molecular weight excluding hydrogens is 208 g/mol. The number of aliphatic hydroxyl groups is 1. The highest BCUT2D eigenvalue weighted by Crippen LogP contribution is 2.22. The molecule has 1 heterocycles. The molecule has 0 saturated heterocycles.